The minimum atomic E-state index is -0.119. The van der Waals surface area contributed by atoms with Crippen molar-refractivity contribution in [3.05, 3.63) is 27.7 Å². The molecule has 1 aromatic rings. The number of rotatable bonds is 1. The van der Waals surface area contributed by atoms with Crippen molar-refractivity contribution in [3.8, 4) is 0 Å². The molecule has 0 spiro atoms. The first-order valence-corrected chi connectivity index (χ1v) is 6.42. The van der Waals surface area contributed by atoms with Crippen LogP contribution < -0.4 is 5.32 Å². The molecule has 0 radical (unpaired) electrons. The van der Waals surface area contributed by atoms with Crippen molar-refractivity contribution in [2.45, 2.75) is 0 Å². The van der Waals surface area contributed by atoms with Gasteiger partial charge >= 0.3 is 6.03 Å². The molecule has 0 atom stereocenters. The van der Waals surface area contributed by atoms with Gasteiger partial charge in [-0.25, -0.2) is 4.79 Å². The number of halogens is 2. The zero-order chi connectivity index (χ0) is 12.3. The Balaban J connectivity index is 1.99. The number of hydrogen-bond acceptors (Lipinski definition) is 2. The molecule has 4 nitrogen and oxygen atoms in total. The monoisotopic (exact) mass is 318 g/mol. The quantitative estimate of drug-likeness (QED) is 0.864. The fourth-order valence-corrected chi connectivity index (χ4v) is 1.97. The number of nitrogens with one attached hydrogen (secondary N) is 1. The number of ether oxygens (including phenoxy) is 1. The summed E-state index contributed by atoms with van der Waals surface area (Å²) in [6.45, 7) is 2.43. The van der Waals surface area contributed by atoms with E-state index >= 15 is 0 Å². The van der Waals surface area contributed by atoms with E-state index in [1.54, 1.807) is 23.1 Å². The molecule has 0 aliphatic carbocycles. The summed E-state index contributed by atoms with van der Waals surface area (Å²) in [6, 6.07) is 5.20. The maximum Gasteiger partial charge on any atom is 0.322 e. The lowest BCUT2D eigenvalue weighted by atomic mass is 10.3. The van der Waals surface area contributed by atoms with E-state index in [2.05, 4.69) is 21.2 Å². The van der Waals surface area contributed by atoms with E-state index in [9.17, 15) is 4.79 Å². The molecule has 0 saturated carbocycles. The van der Waals surface area contributed by atoms with Gasteiger partial charge in [-0.3, -0.25) is 0 Å². The third kappa shape index (κ3) is 3.34. The maximum absolute atomic E-state index is 11.9. The van der Waals surface area contributed by atoms with Crippen LogP contribution in [-0.2, 0) is 4.74 Å². The van der Waals surface area contributed by atoms with E-state index < -0.39 is 0 Å². The van der Waals surface area contributed by atoms with E-state index in [4.69, 9.17) is 16.3 Å². The Labute approximate surface area is 113 Å². The zero-order valence-corrected chi connectivity index (χ0v) is 11.4. The highest BCUT2D eigenvalue weighted by molar-refractivity contribution is 9.10. The summed E-state index contributed by atoms with van der Waals surface area (Å²) in [6.07, 6.45) is 0. The van der Waals surface area contributed by atoms with Crippen LogP contribution in [0.25, 0.3) is 0 Å². The SMILES string of the molecule is O=C(Nc1ccc(Br)c(Cl)c1)N1CCOCC1. The number of carbonyl (C=O) groups is 1. The number of benzene rings is 1. The number of urea groups is 1. The van der Waals surface area contributed by atoms with E-state index in [1.165, 1.54) is 0 Å². The van der Waals surface area contributed by atoms with E-state index in [1.807, 2.05) is 0 Å². The van der Waals surface area contributed by atoms with Gasteiger partial charge in [0.25, 0.3) is 0 Å². The highest BCUT2D eigenvalue weighted by atomic mass is 79.9. The molecule has 92 valence electrons. The fourth-order valence-electron chi connectivity index (χ4n) is 1.54. The molecule has 1 fully saturated rings. The minimum absolute atomic E-state index is 0.119. The van der Waals surface area contributed by atoms with E-state index in [0.717, 1.165) is 4.47 Å². The van der Waals surface area contributed by atoms with Gasteiger partial charge in [0, 0.05) is 23.2 Å². The van der Waals surface area contributed by atoms with Crippen molar-refractivity contribution in [3.63, 3.8) is 0 Å². The van der Waals surface area contributed by atoms with Crippen molar-refractivity contribution < 1.29 is 9.53 Å². The van der Waals surface area contributed by atoms with Crippen molar-refractivity contribution in [2.75, 3.05) is 31.6 Å². The van der Waals surface area contributed by atoms with Gasteiger partial charge in [0.05, 0.1) is 18.2 Å². The van der Waals surface area contributed by atoms with Crippen molar-refractivity contribution >= 4 is 39.2 Å². The van der Waals surface area contributed by atoms with Gasteiger partial charge in [-0.2, -0.15) is 0 Å². The van der Waals surface area contributed by atoms with Crippen LogP contribution in [0.3, 0.4) is 0 Å². The largest absolute Gasteiger partial charge is 0.378 e. The third-order valence-electron chi connectivity index (χ3n) is 2.47. The molecule has 1 aromatic carbocycles. The average Bonchev–Trinajstić information content (AvgIpc) is 2.35. The summed E-state index contributed by atoms with van der Waals surface area (Å²) in [4.78, 5) is 13.6. The first kappa shape index (κ1) is 12.7. The van der Waals surface area contributed by atoms with Gasteiger partial charge in [0.2, 0.25) is 0 Å². The lowest BCUT2D eigenvalue weighted by Crippen LogP contribution is -2.43. The fraction of sp³-hybridized carbons (Fsp3) is 0.364. The van der Waals surface area contributed by atoms with Crippen LogP contribution in [-0.4, -0.2) is 37.2 Å². The summed E-state index contributed by atoms with van der Waals surface area (Å²) < 4.78 is 5.99. The van der Waals surface area contributed by atoms with E-state index in [-0.39, 0.29) is 6.03 Å². The summed E-state index contributed by atoms with van der Waals surface area (Å²) in [5, 5.41) is 3.38. The Morgan fingerprint density at radius 2 is 2.12 bits per heavy atom. The summed E-state index contributed by atoms with van der Waals surface area (Å²) in [5.74, 6) is 0. The highest BCUT2D eigenvalue weighted by Crippen LogP contribution is 2.25. The van der Waals surface area contributed by atoms with Crippen LogP contribution in [0, 0.1) is 0 Å². The number of hydrogen-bond donors (Lipinski definition) is 1. The van der Waals surface area contributed by atoms with Crippen LogP contribution >= 0.6 is 27.5 Å². The smallest absolute Gasteiger partial charge is 0.322 e. The average molecular weight is 320 g/mol. The normalized spacial score (nSPS) is 15.8. The number of anilines is 1. The summed E-state index contributed by atoms with van der Waals surface area (Å²) >= 11 is 9.25. The van der Waals surface area contributed by atoms with Crippen LogP contribution in [0.5, 0.6) is 0 Å². The molecular formula is C11H12BrClN2O2. The lowest BCUT2D eigenvalue weighted by molar-refractivity contribution is 0.0564. The van der Waals surface area contributed by atoms with Crippen LogP contribution in [0.2, 0.25) is 5.02 Å². The van der Waals surface area contributed by atoms with Crippen LogP contribution in [0.4, 0.5) is 10.5 Å². The first-order chi connectivity index (χ1) is 8.16. The molecule has 17 heavy (non-hydrogen) atoms. The second kappa shape index (κ2) is 5.71. The third-order valence-corrected chi connectivity index (χ3v) is 3.70. The number of nitrogens with zero attached hydrogens (tertiary/aromatic N) is 1. The van der Waals surface area contributed by atoms with Gasteiger partial charge in [-0.15, -0.1) is 0 Å². The molecule has 2 rings (SSSR count). The van der Waals surface area contributed by atoms with Crippen molar-refractivity contribution in [1.82, 2.24) is 4.90 Å². The summed E-state index contributed by atoms with van der Waals surface area (Å²) in [5.41, 5.74) is 0.690. The molecule has 0 aromatic heterocycles. The van der Waals surface area contributed by atoms with Crippen molar-refractivity contribution in [1.29, 1.82) is 0 Å². The number of carbonyl (C=O) groups excluding carboxylic acids is 1. The van der Waals surface area contributed by atoms with Gasteiger partial charge in [0.1, 0.15) is 0 Å². The Morgan fingerprint density at radius 3 is 2.76 bits per heavy atom. The van der Waals surface area contributed by atoms with E-state index in [0.29, 0.717) is 37.0 Å². The topological polar surface area (TPSA) is 41.6 Å². The second-order valence-corrected chi connectivity index (χ2v) is 4.92. The molecular weight excluding hydrogens is 307 g/mol. The lowest BCUT2D eigenvalue weighted by Gasteiger charge is -2.26. The Hall–Kier alpha value is -0.780. The predicted octanol–water partition coefficient (Wildman–Crippen LogP) is 2.97. The molecule has 6 heteroatoms. The molecule has 1 aliphatic heterocycles. The number of amides is 2. The molecule has 1 saturated heterocycles. The van der Waals surface area contributed by atoms with Gasteiger partial charge in [-0.1, -0.05) is 11.6 Å². The summed E-state index contributed by atoms with van der Waals surface area (Å²) in [7, 11) is 0. The molecule has 1 N–H and O–H groups in total. The maximum atomic E-state index is 11.9. The molecule has 1 aliphatic rings. The van der Waals surface area contributed by atoms with Gasteiger partial charge in [0.15, 0.2) is 0 Å². The van der Waals surface area contributed by atoms with Gasteiger partial charge in [-0.05, 0) is 34.1 Å². The van der Waals surface area contributed by atoms with Gasteiger partial charge < -0.3 is 15.0 Å². The number of morpholine rings is 1. The first-order valence-electron chi connectivity index (χ1n) is 5.25. The Bertz CT molecular complexity index is 422. The Morgan fingerprint density at radius 1 is 1.41 bits per heavy atom. The highest BCUT2D eigenvalue weighted by Gasteiger charge is 2.16. The molecule has 1 heterocycles. The zero-order valence-electron chi connectivity index (χ0n) is 9.08. The second-order valence-electron chi connectivity index (χ2n) is 3.66. The molecule has 0 unspecified atom stereocenters. The molecule has 2 amide bonds. The van der Waals surface area contributed by atoms with Crippen LogP contribution in [0.15, 0.2) is 22.7 Å². The minimum Gasteiger partial charge on any atom is -0.378 e. The van der Waals surface area contributed by atoms with Crippen molar-refractivity contribution in [2.24, 2.45) is 0 Å². The van der Waals surface area contributed by atoms with Crippen LogP contribution in [0.1, 0.15) is 0 Å². The standard InChI is InChI=1S/C11H12BrClN2O2/c12-9-2-1-8(7-10(9)13)14-11(16)15-3-5-17-6-4-15/h1-2,7H,3-6H2,(H,14,16). The molecule has 0 bridgehead atoms. The Kier molecular flexibility index (Phi) is 4.25. The predicted molar refractivity (Wildman–Crippen MR) is 70.6 cm³/mol.